The summed E-state index contributed by atoms with van der Waals surface area (Å²) in [5.41, 5.74) is 5.09. The molecular formula is C36H41N7O5S. The molecule has 0 bridgehead atoms. The van der Waals surface area contributed by atoms with Crippen LogP contribution >= 0.6 is 0 Å². The van der Waals surface area contributed by atoms with Crippen molar-refractivity contribution >= 4 is 27.3 Å². The van der Waals surface area contributed by atoms with Crippen LogP contribution in [0.25, 0.3) is 17.1 Å². The quantitative estimate of drug-likeness (QED) is 0.170. The van der Waals surface area contributed by atoms with E-state index >= 15 is 0 Å². The number of aryl methyl sites for hydroxylation is 1. The first-order valence-corrected chi connectivity index (χ1v) is 17.8. The highest BCUT2D eigenvalue weighted by Crippen LogP contribution is 2.49. The lowest BCUT2D eigenvalue weighted by atomic mass is 9.86. The second-order valence-electron chi connectivity index (χ2n) is 13.5. The molecule has 0 radical (unpaired) electrons. The fourth-order valence-electron chi connectivity index (χ4n) is 5.75. The zero-order valence-electron chi connectivity index (χ0n) is 28.7. The second kappa shape index (κ2) is 12.8. The highest BCUT2D eigenvalue weighted by molar-refractivity contribution is 7.92. The van der Waals surface area contributed by atoms with E-state index in [-0.39, 0.29) is 16.9 Å². The van der Waals surface area contributed by atoms with Gasteiger partial charge >= 0.3 is 0 Å². The van der Waals surface area contributed by atoms with Crippen LogP contribution in [0.5, 0.6) is 5.75 Å². The summed E-state index contributed by atoms with van der Waals surface area (Å²) in [5.74, 6) is 0.649. The van der Waals surface area contributed by atoms with E-state index in [4.69, 9.17) is 14.5 Å². The van der Waals surface area contributed by atoms with Crippen molar-refractivity contribution in [2.75, 3.05) is 23.4 Å². The van der Waals surface area contributed by atoms with Crippen molar-refractivity contribution in [2.24, 2.45) is 7.05 Å². The summed E-state index contributed by atoms with van der Waals surface area (Å²) in [4.78, 5) is 18.4. The maximum atomic E-state index is 13.7. The van der Waals surface area contributed by atoms with Crippen LogP contribution in [0.4, 0.5) is 11.4 Å². The van der Waals surface area contributed by atoms with E-state index in [1.54, 1.807) is 35.1 Å². The lowest BCUT2D eigenvalue weighted by Crippen LogP contribution is -2.18. The number of benzene rings is 3. The Hall–Kier alpha value is -5.01. The lowest BCUT2D eigenvalue weighted by Gasteiger charge is -2.24. The zero-order valence-corrected chi connectivity index (χ0v) is 29.6. The predicted octanol–water partition coefficient (Wildman–Crippen LogP) is 6.11. The SMILES string of the molecule is COc1c(NC(=O)c2ccc(C)c(-n3cc(-c4cnc(C5(OCc6ccccc6)CC5)n4C)nn3)c2)cc(C(C)(C)C)cc1NS(C)(=O)=O. The molecule has 1 aliphatic carbocycles. The summed E-state index contributed by atoms with van der Waals surface area (Å²) >= 11 is 0. The van der Waals surface area contributed by atoms with Gasteiger partial charge in [-0.3, -0.25) is 9.52 Å². The molecule has 0 unspecified atom stereocenters. The van der Waals surface area contributed by atoms with E-state index in [1.165, 1.54) is 7.11 Å². The summed E-state index contributed by atoms with van der Waals surface area (Å²) in [6.45, 7) is 8.44. The third kappa shape index (κ3) is 7.22. The Balaban J connectivity index is 1.25. The van der Waals surface area contributed by atoms with E-state index in [1.807, 2.05) is 69.8 Å². The molecule has 0 spiro atoms. The third-order valence-corrected chi connectivity index (χ3v) is 9.23. The molecule has 6 rings (SSSR count). The van der Waals surface area contributed by atoms with Crippen LogP contribution in [-0.2, 0) is 39.4 Å². The number of hydrogen-bond acceptors (Lipinski definition) is 8. The molecule has 2 aromatic heterocycles. The Bertz CT molecular complexity index is 2130. The van der Waals surface area contributed by atoms with Crippen molar-refractivity contribution in [3.05, 3.63) is 101 Å². The normalized spacial score (nSPS) is 14.0. The molecule has 0 aliphatic heterocycles. The van der Waals surface area contributed by atoms with Crippen LogP contribution in [-0.4, -0.2) is 52.2 Å². The topological polar surface area (TPSA) is 142 Å². The van der Waals surface area contributed by atoms with Gasteiger partial charge in [0.05, 0.1) is 55.1 Å². The van der Waals surface area contributed by atoms with Gasteiger partial charge in [0.1, 0.15) is 17.1 Å². The maximum Gasteiger partial charge on any atom is 0.255 e. The van der Waals surface area contributed by atoms with Crippen molar-refractivity contribution in [1.29, 1.82) is 0 Å². The molecule has 1 aliphatic rings. The van der Waals surface area contributed by atoms with Gasteiger partial charge in [-0.15, -0.1) is 5.10 Å². The van der Waals surface area contributed by atoms with Gasteiger partial charge in [0, 0.05) is 12.6 Å². The Labute approximate surface area is 286 Å². The number of anilines is 2. The molecular weight excluding hydrogens is 643 g/mol. The first-order valence-electron chi connectivity index (χ1n) is 15.9. The predicted molar refractivity (Wildman–Crippen MR) is 189 cm³/mol. The molecule has 13 heteroatoms. The van der Waals surface area contributed by atoms with Crippen molar-refractivity contribution in [1.82, 2.24) is 24.5 Å². The molecule has 1 fully saturated rings. The molecule has 3 aromatic carbocycles. The van der Waals surface area contributed by atoms with Gasteiger partial charge in [-0.2, -0.15) is 0 Å². The van der Waals surface area contributed by atoms with Crippen LogP contribution in [0, 0.1) is 6.92 Å². The maximum absolute atomic E-state index is 13.7. The number of imidazole rings is 1. The number of carbonyl (C=O) groups is 1. The first kappa shape index (κ1) is 33.9. The van der Waals surface area contributed by atoms with Crippen LogP contribution in [0.1, 0.15) is 66.5 Å². The van der Waals surface area contributed by atoms with Gasteiger partial charge < -0.3 is 19.4 Å². The highest BCUT2D eigenvalue weighted by atomic mass is 32.2. The zero-order chi connectivity index (χ0) is 35.1. The molecule has 12 nitrogen and oxygen atoms in total. The van der Waals surface area contributed by atoms with E-state index in [2.05, 4.69) is 32.5 Å². The summed E-state index contributed by atoms with van der Waals surface area (Å²) < 4.78 is 42.4. The Morgan fingerprint density at radius 3 is 2.41 bits per heavy atom. The Morgan fingerprint density at radius 1 is 1.04 bits per heavy atom. The van der Waals surface area contributed by atoms with Gasteiger partial charge in [0.2, 0.25) is 10.0 Å². The summed E-state index contributed by atoms with van der Waals surface area (Å²) in [7, 11) is -0.235. The van der Waals surface area contributed by atoms with E-state index in [0.29, 0.717) is 29.2 Å². The monoisotopic (exact) mass is 683 g/mol. The number of nitrogens with one attached hydrogen (secondary N) is 2. The molecule has 0 atom stereocenters. The summed E-state index contributed by atoms with van der Waals surface area (Å²) in [6.07, 6.45) is 6.46. The Kier molecular flexibility index (Phi) is 8.84. The number of hydrogen-bond donors (Lipinski definition) is 2. The van der Waals surface area contributed by atoms with Crippen molar-refractivity contribution in [3.8, 4) is 22.8 Å². The number of sulfonamides is 1. The van der Waals surface area contributed by atoms with Gasteiger partial charge in [-0.25, -0.2) is 18.1 Å². The average molecular weight is 684 g/mol. The van der Waals surface area contributed by atoms with Gasteiger partial charge in [-0.1, -0.05) is 62.4 Å². The number of methoxy groups -OCH3 is 1. The minimum atomic E-state index is -3.62. The molecule has 1 saturated carbocycles. The van der Waals surface area contributed by atoms with Crippen LogP contribution in [0.3, 0.4) is 0 Å². The van der Waals surface area contributed by atoms with Gasteiger partial charge in [0.15, 0.2) is 5.75 Å². The molecule has 0 saturated heterocycles. The molecule has 2 heterocycles. The van der Waals surface area contributed by atoms with E-state index in [9.17, 15) is 13.2 Å². The van der Waals surface area contributed by atoms with Crippen LogP contribution in [0.15, 0.2) is 73.1 Å². The molecule has 5 aromatic rings. The Morgan fingerprint density at radius 2 is 1.76 bits per heavy atom. The smallest absolute Gasteiger partial charge is 0.255 e. The number of nitrogens with zero attached hydrogens (tertiary/aromatic N) is 5. The minimum absolute atomic E-state index is 0.203. The van der Waals surface area contributed by atoms with E-state index < -0.39 is 21.5 Å². The summed E-state index contributed by atoms with van der Waals surface area (Å²) in [5, 5.41) is 11.8. The number of amides is 1. The second-order valence-corrected chi connectivity index (χ2v) is 15.3. The molecule has 1 amide bonds. The molecule has 49 heavy (non-hydrogen) atoms. The number of rotatable bonds is 11. The fraction of sp³-hybridized carbons (Fsp3) is 0.333. The number of ether oxygens (including phenoxy) is 2. The van der Waals surface area contributed by atoms with Crippen molar-refractivity contribution < 1.29 is 22.7 Å². The third-order valence-electron chi connectivity index (χ3n) is 8.63. The van der Waals surface area contributed by atoms with Crippen molar-refractivity contribution in [2.45, 2.75) is 58.2 Å². The van der Waals surface area contributed by atoms with Crippen molar-refractivity contribution in [3.63, 3.8) is 0 Å². The molecule has 2 N–H and O–H groups in total. The largest absolute Gasteiger partial charge is 0.492 e. The van der Waals surface area contributed by atoms with Crippen LogP contribution in [0.2, 0.25) is 0 Å². The average Bonchev–Trinajstić information content (AvgIpc) is 3.48. The standard InChI is InChI=1S/C36H41N7O5S/c1-23-13-14-25(33(44)38-27-18-26(35(2,3)4)19-28(32(27)47-6)40-49(7,45)46)17-30(23)43-21-29(39-41-43)31-20-37-34(42(31)5)36(15-16-36)48-22-24-11-9-8-10-12-24/h8-14,17-21,40H,15-16,22H2,1-7H3,(H,38,44). The lowest BCUT2D eigenvalue weighted by molar-refractivity contribution is 0.00934. The minimum Gasteiger partial charge on any atom is -0.492 e. The number of aromatic nitrogens is 5. The highest BCUT2D eigenvalue weighted by Gasteiger charge is 2.49. The van der Waals surface area contributed by atoms with E-state index in [0.717, 1.165) is 47.3 Å². The fourth-order valence-corrected chi connectivity index (χ4v) is 6.30. The van der Waals surface area contributed by atoms with Gasteiger partial charge in [0.25, 0.3) is 5.91 Å². The van der Waals surface area contributed by atoms with Gasteiger partial charge in [-0.05, 0) is 66.1 Å². The number of carbonyl (C=O) groups excluding carboxylic acids is 1. The first-order chi connectivity index (χ1) is 23.2. The molecule has 256 valence electrons. The van der Waals surface area contributed by atoms with Crippen LogP contribution < -0.4 is 14.8 Å². The summed E-state index contributed by atoms with van der Waals surface area (Å²) in [6, 6.07) is 18.9.